The third-order valence-corrected chi connectivity index (χ3v) is 4.25. The summed E-state index contributed by atoms with van der Waals surface area (Å²) in [5.74, 6) is -0.590. The molecule has 0 unspecified atom stereocenters. The lowest BCUT2D eigenvalue weighted by molar-refractivity contribution is -0.131. The van der Waals surface area contributed by atoms with Crippen molar-refractivity contribution >= 4 is 39.8 Å². The Balaban J connectivity index is 2.12. The van der Waals surface area contributed by atoms with Gasteiger partial charge in [0, 0.05) is 19.4 Å². The number of amides is 1. The first-order chi connectivity index (χ1) is 11.9. The minimum absolute atomic E-state index is 0.0967. The van der Waals surface area contributed by atoms with Gasteiger partial charge in [0.25, 0.3) is 0 Å². The first kappa shape index (κ1) is 16.8. The number of hydrogen-bond acceptors (Lipinski definition) is 6. The van der Waals surface area contributed by atoms with Crippen LogP contribution >= 0.6 is 11.3 Å². The summed E-state index contributed by atoms with van der Waals surface area (Å²) in [6, 6.07) is 12.0. The van der Waals surface area contributed by atoms with Crippen molar-refractivity contribution < 1.29 is 14.3 Å². The number of carbonyl (C=O) groups excluding carboxylic acids is 2. The van der Waals surface area contributed by atoms with Crippen LogP contribution in [0.2, 0.25) is 0 Å². The van der Waals surface area contributed by atoms with Crippen molar-refractivity contribution in [1.82, 2.24) is 4.98 Å². The van der Waals surface area contributed by atoms with Gasteiger partial charge in [-0.15, -0.1) is 0 Å². The molecule has 0 spiro atoms. The summed E-state index contributed by atoms with van der Waals surface area (Å²) in [5.41, 5.74) is 1.60. The first-order valence-electron chi connectivity index (χ1n) is 7.44. The highest BCUT2D eigenvalue weighted by atomic mass is 32.1. The van der Waals surface area contributed by atoms with Gasteiger partial charge >= 0.3 is 5.97 Å². The number of ether oxygens (including phenoxy) is 1. The number of aromatic nitrogens is 1. The normalized spacial score (nSPS) is 10.5. The summed E-state index contributed by atoms with van der Waals surface area (Å²) in [7, 11) is 0. The van der Waals surface area contributed by atoms with Gasteiger partial charge < -0.3 is 10.1 Å². The van der Waals surface area contributed by atoms with E-state index in [1.165, 1.54) is 13.8 Å². The predicted molar refractivity (Wildman–Crippen MR) is 96.9 cm³/mol. The van der Waals surface area contributed by atoms with E-state index in [0.29, 0.717) is 27.2 Å². The Morgan fingerprint density at radius 3 is 2.60 bits per heavy atom. The number of benzene rings is 2. The summed E-state index contributed by atoms with van der Waals surface area (Å²) in [4.78, 5) is 39.4. The van der Waals surface area contributed by atoms with Gasteiger partial charge in [0.05, 0.1) is 16.6 Å². The third kappa shape index (κ3) is 3.72. The van der Waals surface area contributed by atoms with Crippen LogP contribution in [0.25, 0.3) is 21.5 Å². The topological polar surface area (TPSA) is 85.4 Å². The van der Waals surface area contributed by atoms with Gasteiger partial charge in [-0.25, -0.2) is 4.98 Å². The van der Waals surface area contributed by atoms with E-state index in [4.69, 9.17) is 4.74 Å². The molecule has 3 aromatic rings. The van der Waals surface area contributed by atoms with Crippen molar-refractivity contribution in [1.29, 1.82) is 0 Å². The molecule has 25 heavy (non-hydrogen) atoms. The van der Waals surface area contributed by atoms with E-state index in [0.717, 1.165) is 11.3 Å². The molecule has 3 rings (SSSR count). The lowest BCUT2D eigenvalue weighted by Crippen LogP contribution is -2.10. The average Bonchev–Trinajstić information content (AvgIpc) is 2.55. The van der Waals surface area contributed by atoms with Crippen LogP contribution in [0.15, 0.2) is 47.3 Å². The van der Waals surface area contributed by atoms with E-state index in [1.807, 2.05) is 6.07 Å². The molecular formula is C18H14N2O4S. The molecule has 126 valence electrons. The van der Waals surface area contributed by atoms with E-state index in [-0.39, 0.29) is 16.4 Å². The number of esters is 1. The van der Waals surface area contributed by atoms with Crippen LogP contribution in [0.4, 0.5) is 5.69 Å². The van der Waals surface area contributed by atoms with E-state index in [9.17, 15) is 14.4 Å². The van der Waals surface area contributed by atoms with E-state index < -0.39 is 5.97 Å². The van der Waals surface area contributed by atoms with Crippen molar-refractivity contribution in [2.45, 2.75) is 13.8 Å². The molecule has 2 aromatic carbocycles. The SMILES string of the molecule is CC(=O)Nc1ccc(-c2nc3ccccc3c(=O)s2)cc1OC(C)=O. The fraction of sp³-hybridized carbons (Fsp3) is 0.111. The molecule has 1 N–H and O–H groups in total. The Morgan fingerprint density at radius 1 is 1.12 bits per heavy atom. The van der Waals surface area contributed by atoms with Gasteiger partial charge in [-0.2, -0.15) is 0 Å². The molecule has 7 heteroatoms. The van der Waals surface area contributed by atoms with Crippen molar-refractivity contribution in [3.05, 3.63) is 52.0 Å². The van der Waals surface area contributed by atoms with Crippen molar-refractivity contribution in [2.75, 3.05) is 5.32 Å². The summed E-state index contributed by atoms with van der Waals surface area (Å²) in [6.45, 7) is 2.64. The molecule has 1 amide bonds. The number of anilines is 1. The summed E-state index contributed by atoms with van der Waals surface area (Å²) in [6.07, 6.45) is 0. The van der Waals surface area contributed by atoms with Gasteiger partial charge in [0.2, 0.25) is 10.6 Å². The molecule has 1 aromatic heterocycles. The lowest BCUT2D eigenvalue weighted by Gasteiger charge is -2.11. The minimum Gasteiger partial charge on any atom is -0.424 e. The fourth-order valence-corrected chi connectivity index (χ4v) is 3.18. The molecule has 0 aliphatic carbocycles. The molecular weight excluding hydrogens is 340 g/mol. The molecule has 0 saturated heterocycles. The molecule has 6 nitrogen and oxygen atoms in total. The summed E-state index contributed by atoms with van der Waals surface area (Å²) in [5, 5.41) is 3.67. The highest BCUT2D eigenvalue weighted by molar-refractivity contribution is 7.13. The predicted octanol–water partition coefficient (Wildman–Crippen LogP) is 3.21. The smallest absolute Gasteiger partial charge is 0.308 e. The van der Waals surface area contributed by atoms with Gasteiger partial charge in [-0.3, -0.25) is 14.4 Å². The molecule has 0 fully saturated rings. The Bertz CT molecular complexity index is 1040. The highest BCUT2D eigenvalue weighted by Gasteiger charge is 2.13. The van der Waals surface area contributed by atoms with Crippen LogP contribution in [0.1, 0.15) is 13.8 Å². The van der Waals surface area contributed by atoms with Crippen LogP contribution in [0, 0.1) is 0 Å². The third-order valence-electron chi connectivity index (χ3n) is 3.33. The molecule has 0 aliphatic rings. The van der Waals surface area contributed by atoms with E-state index in [1.54, 1.807) is 36.4 Å². The maximum Gasteiger partial charge on any atom is 0.308 e. The Labute approximate surface area is 147 Å². The Morgan fingerprint density at radius 2 is 1.88 bits per heavy atom. The Hall–Kier alpha value is -3.06. The Kier molecular flexibility index (Phi) is 4.58. The molecule has 1 heterocycles. The van der Waals surface area contributed by atoms with Crippen LogP contribution in [-0.4, -0.2) is 16.9 Å². The molecule has 0 bridgehead atoms. The van der Waals surface area contributed by atoms with E-state index >= 15 is 0 Å². The molecule has 0 aliphatic heterocycles. The number of fused-ring (bicyclic) bond motifs is 1. The van der Waals surface area contributed by atoms with Crippen molar-refractivity contribution in [3.8, 4) is 16.3 Å². The lowest BCUT2D eigenvalue weighted by atomic mass is 10.2. The number of para-hydroxylation sites is 1. The molecule has 0 atom stereocenters. The van der Waals surface area contributed by atoms with Gasteiger partial charge in [-0.05, 0) is 30.3 Å². The largest absolute Gasteiger partial charge is 0.424 e. The number of rotatable bonds is 3. The van der Waals surface area contributed by atoms with E-state index in [2.05, 4.69) is 10.3 Å². The average molecular weight is 354 g/mol. The van der Waals surface area contributed by atoms with Crippen LogP contribution in [-0.2, 0) is 9.59 Å². The van der Waals surface area contributed by atoms with Crippen molar-refractivity contribution in [2.24, 2.45) is 0 Å². The van der Waals surface area contributed by atoms with Crippen molar-refractivity contribution in [3.63, 3.8) is 0 Å². The number of nitrogens with zero attached hydrogens (tertiary/aromatic N) is 1. The summed E-state index contributed by atoms with van der Waals surface area (Å²) < 4.78 is 5.07. The van der Waals surface area contributed by atoms with Crippen LogP contribution < -0.4 is 14.8 Å². The second-order valence-corrected chi connectivity index (χ2v) is 6.27. The van der Waals surface area contributed by atoms with Crippen LogP contribution in [0.5, 0.6) is 5.75 Å². The van der Waals surface area contributed by atoms with Crippen LogP contribution in [0.3, 0.4) is 0 Å². The zero-order valence-corrected chi connectivity index (χ0v) is 14.3. The number of carbonyl (C=O) groups is 2. The molecule has 0 saturated carbocycles. The number of nitrogens with one attached hydrogen (secondary N) is 1. The number of hydrogen-bond donors (Lipinski definition) is 1. The zero-order valence-electron chi connectivity index (χ0n) is 13.5. The second-order valence-electron chi connectivity index (χ2n) is 5.31. The monoisotopic (exact) mass is 354 g/mol. The van der Waals surface area contributed by atoms with Gasteiger partial charge in [-0.1, -0.05) is 23.5 Å². The molecule has 0 radical (unpaired) electrons. The quantitative estimate of drug-likeness (QED) is 0.577. The fourth-order valence-electron chi connectivity index (χ4n) is 2.33. The standard InChI is InChI=1S/C18H14N2O4S/c1-10(21)19-15-8-7-12(9-16(15)24-11(2)22)17-20-14-6-4-3-5-13(14)18(23)25-17/h3-9H,1-2H3,(H,19,21). The first-order valence-corrected chi connectivity index (χ1v) is 8.26. The summed E-state index contributed by atoms with van der Waals surface area (Å²) >= 11 is 1.01. The second kappa shape index (κ2) is 6.82. The minimum atomic E-state index is -0.511. The van der Waals surface area contributed by atoms with Gasteiger partial charge in [0.1, 0.15) is 5.01 Å². The highest BCUT2D eigenvalue weighted by Crippen LogP contribution is 2.32. The van der Waals surface area contributed by atoms with Gasteiger partial charge in [0.15, 0.2) is 5.75 Å². The maximum atomic E-state index is 12.3. The zero-order chi connectivity index (χ0) is 18.0. The maximum absolute atomic E-state index is 12.3.